The second-order valence-electron chi connectivity index (χ2n) is 4.92. The van der Waals surface area contributed by atoms with Crippen molar-refractivity contribution >= 4 is 5.91 Å². The van der Waals surface area contributed by atoms with Crippen LogP contribution in [-0.2, 0) is 4.79 Å². The third-order valence-electron chi connectivity index (χ3n) is 3.42. The van der Waals surface area contributed by atoms with Crippen LogP contribution in [-0.4, -0.2) is 35.7 Å². The molecule has 0 spiro atoms. The first-order chi connectivity index (χ1) is 8.30. The molecule has 0 aromatic heterocycles. The van der Waals surface area contributed by atoms with Crippen LogP contribution in [0.1, 0.15) is 40.0 Å². The van der Waals surface area contributed by atoms with Crippen LogP contribution in [0.2, 0.25) is 0 Å². The Labute approximate surface area is 106 Å². The lowest BCUT2D eigenvalue weighted by Gasteiger charge is -2.24. The van der Waals surface area contributed by atoms with E-state index in [2.05, 4.69) is 5.32 Å². The van der Waals surface area contributed by atoms with Crippen LogP contribution in [0, 0.1) is 5.92 Å². The zero-order chi connectivity index (χ0) is 13.9. The fraction of sp³-hybridized carbons (Fsp3) is 0.917. The molecule has 0 aromatic carbocycles. The maximum absolute atomic E-state index is 12.5. The maximum atomic E-state index is 12.5. The average molecular weight is 266 g/mol. The number of alkyl halides is 3. The number of nitrogens with one attached hydrogen (secondary N) is 1. The van der Waals surface area contributed by atoms with Crippen LogP contribution < -0.4 is 5.32 Å². The van der Waals surface area contributed by atoms with E-state index in [9.17, 15) is 18.0 Å². The number of carbonyl (C=O) groups is 1. The Kier molecular flexibility index (Phi) is 5.01. The van der Waals surface area contributed by atoms with Gasteiger partial charge in [-0.2, -0.15) is 13.2 Å². The average Bonchev–Trinajstić information content (AvgIpc) is 2.55. The van der Waals surface area contributed by atoms with Gasteiger partial charge in [0, 0.05) is 0 Å². The summed E-state index contributed by atoms with van der Waals surface area (Å²) in [6.45, 7) is 4.56. The smallest absolute Gasteiger partial charge is 0.317 e. The van der Waals surface area contributed by atoms with E-state index < -0.39 is 30.8 Å². The van der Waals surface area contributed by atoms with Gasteiger partial charge in [0.1, 0.15) is 6.54 Å². The van der Waals surface area contributed by atoms with Gasteiger partial charge in [-0.05, 0) is 12.3 Å². The first kappa shape index (κ1) is 15.3. The van der Waals surface area contributed by atoms with E-state index in [4.69, 9.17) is 0 Å². The third kappa shape index (κ3) is 3.60. The maximum Gasteiger partial charge on any atom is 0.406 e. The van der Waals surface area contributed by atoms with Gasteiger partial charge in [0.15, 0.2) is 0 Å². The van der Waals surface area contributed by atoms with E-state index >= 15 is 0 Å². The molecule has 0 aliphatic carbocycles. The van der Waals surface area contributed by atoms with E-state index in [0.717, 1.165) is 17.7 Å². The Bertz CT molecular complexity index is 294. The Morgan fingerprint density at radius 3 is 2.44 bits per heavy atom. The molecule has 1 saturated heterocycles. The van der Waals surface area contributed by atoms with Crippen molar-refractivity contribution in [3.05, 3.63) is 0 Å². The lowest BCUT2D eigenvalue weighted by Crippen LogP contribution is -2.43. The molecule has 106 valence electrons. The van der Waals surface area contributed by atoms with Crippen molar-refractivity contribution in [3.63, 3.8) is 0 Å². The summed E-state index contributed by atoms with van der Waals surface area (Å²) in [5, 5.41) is 3.04. The van der Waals surface area contributed by atoms with Crippen molar-refractivity contribution in [1.29, 1.82) is 0 Å². The minimum atomic E-state index is -4.34. The van der Waals surface area contributed by atoms with Crippen molar-refractivity contribution in [2.45, 2.75) is 58.4 Å². The predicted octanol–water partition coefficient (Wildman–Crippen LogP) is 2.52. The van der Waals surface area contributed by atoms with E-state index in [-0.39, 0.29) is 5.92 Å². The molecule has 1 rings (SSSR count). The zero-order valence-corrected chi connectivity index (χ0v) is 11.0. The first-order valence-electron chi connectivity index (χ1n) is 6.43. The number of carbonyl (C=O) groups excluding carboxylic acids is 1. The van der Waals surface area contributed by atoms with Crippen LogP contribution in [0.4, 0.5) is 13.2 Å². The van der Waals surface area contributed by atoms with Crippen LogP contribution in [0.3, 0.4) is 0 Å². The molecule has 0 aromatic rings. The topological polar surface area (TPSA) is 32.3 Å². The summed E-state index contributed by atoms with van der Waals surface area (Å²) < 4.78 is 37.4. The number of amides is 1. The fourth-order valence-corrected chi connectivity index (χ4v) is 2.24. The second-order valence-corrected chi connectivity index (χ2v) is 4.92. The van der Waals surface area contributed by atoms with Crippen LogP contribution >= 0.6 is 0 Å². The van der Waals surface area contributed by atoms with Gasteiger partial charge in [0.05, 0.1) is 12.2 Å². The molecule has 3 atom stereocenters. The molecule has 1 amide bonds. The Balaban J connectivity index is 2.80. The first-order valence-corrected chi connectivity index (χ1v) is 6.43. The summed E-state index contributed by atoms with van der Waals surface area (Å²) in [4.78, 5) is 13.0. The van der Waals surface area contributed by atoms with Crippen molar-refractivity contribution in [1.82, 2.24) is 10.2 Å². The van der Waals surface area contributed by atoms with Crippen molar-refractivity contribution < 1.29 is 18.0 Å². The summed E-state index contributed by atoms with van der Waals surface area (Å²) in [6.07, 6.45) is -2.76. The molecule has 1 aliphatic rings. The molecule has 1 fully saturated rings. The van der Waals surface area contributed by atoms with Gasteiger partial charge in [-0.1, -0.05) is 33.6 Å². The highest BCUT2D eigenvalue weighted by atomic mass is 19.4. The van der Waals surface area contributed by atoms with Gasteiger partial charge in [0.25, 0.3) is 0 Å². The Hall–Kier alpha value is -0.780. The molecular formula is C12H21F3N2O. The molecule has 6 heteroatoms. The highest BCUT2D eigenvalue weighted by Crippen LogP contribution is 2.26. The van der Waals surface area contributed by atoms with Gasteiger partial charge in [-0.25, -0.2) is 0 Å². The SMILES string of the molecule is CCCC1NC(C(C)CC)C(=O)N1CC(F)(F)F. The number of hydrogen-bond donors (Lipinski definition) is 1. The Morgan fingerprint density at radius 2 is 2.00 bits per heavy atom. The quantitative estimate of drug-likeness (QED) is 0.829. The second kappa shape index (κ2) is 5.91. The minimum Gasteiger partial charge on any atom is -0.317 e. The summed E-state index contributed by atoms with van der Waals surface area (Å²) >= 11 is 0. The molecule has 1 aliphatic heterocycles. The van der Waals surface area contributed by atoms with Gasteiger partial charge in [-0.15, -0.1) is 0 Å². The largest absolute Gasteiger partial charge is 0.406 e. The monoisotopic (exact) mass is 266 g/mol. The molecule has 3 nitrogen and oxygen atoms in total. The molecule has 18 heavy (non-hydrogen) atoms. The molecule has 0 radical (unpaired) electrons. The van der Waals surface area contributed by atoms with Gasteiger partial charge in [0.2, 0.25) is 5.91 Å². The molecule has 1 N–H and O–H groups in total. The van der Waals surface area contributed by atoms with Crippen molar-refractivity contribution in [3.8, 4) is 0 Å². The molecular weight excluding hydrogens is 245 g/mol. The highest BCUT2D eigenvalue weighted by Gasteiger charge is 2.45. The minimum absolute atomic E-state index is 0.0510. The van der Waals surface area contributed by atoms with Gasteiger partial charge < -0.3 is 4.90 Å². The third-order valence-corrected chi connectivity index (χ3v) is 3.42. The van der Waals surface area contributed by atoms with E-state index in [1.165, 1.54) is 0 Å². The lowest BCUT2D eigenvalue weighted by molar-refractivity contribution is -0.161. The summed E-state index contributed by atoms with van der Waals surface area (Å²) in [7, 11) is 0. The van der Waals surface area contributed by atoms with E-state index in [0.29, 0.717) is 6.42 Å². The van der Waals surface area contributed by atoms with Crippen molar-refractivity contribution in [2.75, 3.05) is 6.54 Å². The van der Waals surface area contributed by atoms with Gasteiger partial charge >= 0.3 is 6.18 Å². The highest BCUT2D eigenvalue weighted by molar-refractivity contribution is 5.84. The van der Waals surface area contributed by atoms with E-state index in [1.54, 1.807) is 0 Å². The number of rotatable bonds is 5. The number of hydrogen-bond acceptors (Lipinski definition) is 2. The zero-order valence-electron chi connectivity index (χ0n) is 11.0. The van der Waals surface area contributed by atoms with Crippen LogP contribution in [0.15, 0.2) is 0 Å². The molecule has 0 bridgehead atoms. The Morgan fingerprint density at radius 1 is 1.39 bits per heavy atom. The summed E-state index contributed by atoms with van der Waals surface area (Å²) in [5.41, 5.74) is 0. The molecule has 0 saturated carbocycles. The predicted molar refractivity (Wildman–Crippen MR) is 62.8 cm³/mol. The van der Waals surface area contributed by atoms with Crippen molar-refractivity contribution in [2.24, 2.45) is 5.92 Å². The number of halogens is 3. The lowest BCUT2D eigenvalue weighted by atomic mass is 9.99. The summed E-state index contributed by atoms with van der Waals surface area (Å²) in [6, 6.07) is -0.478. The molecule has 1 heterocycles. The summed E-state index contributed by atoms with van der Waals surface area (Å²) in [5.74, 6) is -0.366. The van der Waals surface area contributed by atoms with Crippen LogP contribution in [0.25, 0.3) is 0 Å². The normalized spacial score (nSPS) is 26.8. The number of nitrogens with zero attached hydrogens (tertiary/aromatic N) is 1. The van der Waals surface area contributed by atoms with E-state index in [1.807, 2.05) is 20.8 Å². The molecule has 3 unspecified atom stereocenters. The fourth-order valence-electron chi connectivity index (χ4n) is 2.24. The van der Waals surface area contributed by atoms with Gasteiger partial charge in [-0.3, -0.25) is 10.1 Å². The standard InChI is InChI=1S/C12H21F3N2O/c1-4-6-9-16-10(8(3)5-2)11(18)17(9)7-12(13,14)15/h8-10,16H,4-7H2,1-3H3. The van der Waals surface area contributed by atoms with Crippen LogP contribution in [0.5, 0.6) is 0 Å².